The fourth-order valence-electron chi connectivity index (χ4n) is 2.39. The van der Waals surface area contributed by atoms with Gasteiger partial charge in [-0.2, -0.15) is 10.1 Å². The molecule has 1 N–H and O–H groups in total. The lowest BCUT2D eigenvalue weighted by atomic mass is 10.1. The topological polar surface area (TPSA) is 55.9 Å². The summed E-state index contributed by atoms with van der Waals surface area (Å²) in [6.45, 7) is 0. The van der Waals surface area contributed by atoms with E-state index in [9.17, 15) is 0 Å². The van der Waals surface area contributed by atoms with Crippen LogP contribution in [0.1, 0.15) is 17.4 Å². The number of aromatic nitrogens is 3. The molecular weight excluding hydrogens is 288 g/mol. The molecule has 0 bridgehead atoms. The van der Waals surface area contributed by atoms with E-state index >= 15 is 0 Å². The van der Waals surface area contributed by atoms with Crippen molar-refractivity contribution in [2.45, 2.75) is 6.04 Å². The highest BCUT2D eigenvalue weighted by Crippen LogP contribution is 2.32. The Labute approximate surface area is 125 Å². The van der Waals surface area contributed by atoms with Gasteiger partial charge in [0.25, 0.3) is 0 Å². The number of hydrogen-bond acceptors (Lipinski definition) is 4. The van der Waals surface area contributed by atoms with E-state index < -0.39 is 0 Å². The number of rotatable bonds is 2. The second-order valence-electron chi connectivity index (χ2n) is 4.70. The molecule has 0 radical (unpaired) electrons. The van der Waals surface area contributed by atoms with Gasteiger partial charge in [0.05, 0.1) is 6.26 Å². The summed E-state index contributed by atoms with van der Waals surface area (Å²) in [4.78, 5) is 4.24. The maximum Gasteiger partial charge on any atom is 0.226 e. The van der Waals surface area contributed by atoms with Crippen molar-refractivity contribution in [2.24, 2.45) is 0 Å². The Balaban J connectivity index is 1.80. The Hall–Kier alpha value is -2.53. The second-order valence-corrected chi connectivity index (χ2v) is 5.14. The molecule has 5 nitrogen and oxygen atoms in total. The van der Waals surface area contributed by atoms with Crippen LogP contribution in [0.3, 0.4) is 0 Å². The van der Waals surface area contributed by atoms with E-state index in [1.165, 1.54) is 6.33 Å². The first kappa shape index (κ1) is 12.2. The summed E-state index contributed by atoms with van der Waals surface area (Å²) in [7, 11) is 0. The van der Waals surface area contributed by atoms with Gasteiger partial charge in [0, 0.05) is 10.7 Å². The number of nitrogens with zero attached hydrogens (tertiary/aromatic N) is 3. The van der Waals surface area contributed by atoms with Gasteiger partial charge in [0.1, 0.15) is 18.1 Å². The molecular formula is C15H11ClN4O. The summed E-state index contributed by atoms with van der Waals surface area (Å²) < 4.78 is 7.31. The molecule has 0 saturated carbocycles. The standard InChI is InChI=1S/C15H11ClN4O/c16-11-5-3-10(4-6-11)12-8-13(14-2-1-7-21-14)20-15(19-12)17-9-18-20/h1-9,13H,(H,17,18,19)/t13-/m0/s1. The molecule has 0 unspecified atom stereocenters. The maximum absolute atomic E-state index is 5.94. The first-order valence-corrected chi connectivity index (χ1v) is 6.87. The van der Waals surface area contributed by atoms with E-state index in [0.29, 0.717) is 11.0 Å². The van der Waals surface area contributed by atoms with Gasteiger partial charge in [-0.1, -0.05) is 23.7 Å². The van der Waals surface area contributed by atoms with Crippen LogP contribution in [0.25, 0.3) is 5.70 Å². The molecule has 0 aliphatic carbocycles. The molecule has 0 amide bonds. The average molecular weight is 299 g/mol. The van der Waals surface area contributed by atoms with E-state index in [2.05, 4.69) is 21.5 Å². The third-order valence-corrected chi connectivity index (χ3v) is 3.65. The van der Waals surface area contributed by atoms with Crippen molar-refractivity contribution in [2.75, 3.05) is 5.32 Å². The first-order valence-electron chi connectivity index (χ1n) is 6.49. The number of hydrogen-bond donors (Lipinski definition) is 1. The van der Waals surface area contributed by atoms with Crippen molar-refractivity contribution in [1.82, 2.24) is 14.8 Å². The van der Waals surface area contributed by atoms with Crippen molar-refractivity contribution in [3.8, 4) is 0 Å². The number of anilines is 1. The number of fused-ring (bicyclic) bond motifs is 1. The minimum absolute atomic E-state index is 0.121. The Morgan fingerprint density at radius 3 is 2.81 bits per heavy atom. The number of allylic oxidation sites excluding steroid dienone is 1. The van der Waals surface area contributed by atoms with Crippen molar-refractivity contribution >= 4 is 23.2 Å². The van der Waals surface area contributed by atoms with Crippen LogP contribution < -0.4 is 5.32 Å². The third kappa shape index (κ3) is 2.11. The molecule has 1 atom stereocenters. The molecule has 104 valence electrons. The van der Waals surface area contributed by atoms with Crippen LogP contribution in [0.4, 0.5) is 5.95 Å². The quantitative estimate of drug-likeness (QED) is 0.785. The molecule has 1 aromatic carbocycles. The Bertz CT molecular complexity index is 789. The smallest absolute Gasteiger partial charge is 0.226 e. The number of benzene rings is 1. The molecule has 3 heterocycles. The van der Waals surface area contributed by atoms with E-state index in [-0.39, 0.29) is 6.04 Å². The minimum atomic E-state index is -0.121. The molecule has 2 aromatic heterocycles. The van der Waals surface area contributed by atoms with E-state index in [1.54, 1.807) is 10.9 Å². The molecule has 4 rings (SSSR count). The summed E-state index contributed by atoms with van der Waals surface area (Å²) in [6, 6.07) is 11.3. The Morgan fingerprint density at radius 2 is 2.05 bits per heavy atom. The van der Waals surface area contributed by atoms with Gasteiger partial charge in [-0.05, 0) is 35.9 Å². The van der Waals surface area contributed by atoms with Crippen LogP contribution in [-0.4, -0.2) is 14.8 Å². The summed E-state index contributed by atoms with van der Waals surface area (Å²) >= 11 is 5.94. The highest BCUT2D eigenvalue weighted by atomic mass is 35.5. The molecule has 0 saturated heterocycles. The van der Waals surface area contributed by atoms with Crippen LogP contribution in [0, 0.1) is 0 Å². The van der Waals surface area contributed by atoms with Gasteiger partial charge in [0.2, 0.25) is 5.95 Å². The predicted molar refractivity (Wildman–Crippen MR) is 79.9 cm³/mol. The lowest BCUT2D eigenvalue weighted by molar-refractivity contribution is 0.448. The summed E-state index contributed by atoms with van der Waals surface area (Å²) in [5, 5.41) is 8.23. The largest absolute Gasteiger partial charge is 0.467 e. The lowest BCUT2D eigenvalue weighted by Gasteiger charge is -2.22. The van der Waals surface area contributed by atoms with Gasteiger partial charge in [-0.15, -0.1) is 0 Å². The molecule has 1 aliphatic rings. The SMILES string of the molecule is Clc1ccc(C2=C[C@@H](c3ccco3)n3ncnc3N2)cc1. The van der Waals surface area contributed by atoms with Gasteiger partial charge < -0.3 is 9.73 Å². The van der Waals surface area contributed by atoms with E-state index in [1.807, 2.05) is 36.4 Å². The summed E-state index contributed by atoms with van der Waals surface area (Å²) in [5.74, 6) is 1.50. The van der Waals surface area contributed by atoms with Gasteiger partial charge >= 0.3 is 0 Å². The highest BCUT2D eigenvalue weighted by molar-refractivity contribution is 6.30. The van der Waals surface area contributed by atoms with Gasteiger partial charge in [-0.25, -0.2) is 4.68 Å². The van der Waals surface area contributed by atoms with Crippen molar-refractivity contribution in [1.29, 1.82) is 0 Å². The monoisotopic (exact) mass is 298 g/mol. The summed E-state index contributed by atoms with van der Waals surface area (Å²) in [5.41, 5.74) is 1.98. The zero-order chi connectivity index (χ0) is 14.2. The molecule has 3 aromatic rings. The number of nitrogens with one attached hydrogen (secondary N) is 1. The van der Waals surface area contributed by atoms with E-state index in [0.717, 1.165) is 17.0 Å². The Morgan fingerprint density at radius 1 is 1.19 bits per heavy atom. The fourth-order valence-corrected chi connectivity index (χ4v) is 2.52. The van der Waals surface area contributed by atoms with Gasteiger partial charge in [-0.3, -0.25) is 0 Å². The van der Waals surface area contributed by atoms with Crippen molar-refractivity contribution < 1.29 is 4.42 Å². The Kier molecular flexibility index (Phi) is 2.79. The van der Waals surface area contributed by atoms with Crippen LogP contribution in [-0.2, 0) is 0 Å². The predicted octanol–water partition coefficient (Wildman–Crippen LogP) is 3.58. The van der Waals surface area contributed by atoms with Crippen molar-refractivity contribution in [3.63, 3.8) is 0 Å². The van der Waals surface area contributed by atoms with Crippen LogP contribution in [0.5, 0.6) is 0 Å². The normalized spacial score (nSPS) is 17.0. The fraction of sp³-hybridized carbons (Fsp3) is 0.0667. The highest BCUT2D eigenvalue weighted by Gasteiger charge is 2.24. The first-order chi connectivity index (χ1) is 10.3. The number of furan rings is 1. The average Bonchev–Trinajstić information content (AvgIpc) is 3.18. The van der Waals surface area contributed by atoms with Gasteiger partial charge in [0.15, 0.2) is 0 Å². The van der Waals surface area contributed by atoms with Crippen LogP contribution >= 0.6 is 11.6 Å². The molecule has 0 spiro atoms. The van der Waals surface area contributed by atoms with Crippen LogP contribution in [0.15, 0.2) is 59.5 Å². The zero-order valence-electron chi connectivity index (χ0n) is 10.9. The zero-order valence-corrected chi connectivity index (χ0v) is 11.7. The second kappa shape index (κ2) is 4.79. The maximum atomic E-state index is 5.94. The molecule has 1 aliphatic heterocycles. The van der Waals surface area contributed by atoms with Crippen LogP contribution in [0.2, 0.25) is 5.02 Å². The molecule has 0 fully saturated rings. The van der Waals surface area contributed by atoms with Crippen molar-refractivity contribution in [3.05, 3.63) is 71.4 Å². The molecule has 6 heteroatoms. The lowest BCUT2D eigenvalue weighted by Crippen LogP contribution is -2.19. The third-order valence-electron chi connectivity index (χ3n) is 3.40. The van der Waals surface area contributed by atoms with E-state index in [4.69, 9.17) is 16.0 Å². The minimum Gasteiger partial charge on any atom is -0.467 e. The number of halogens is 1. The summed E-state index contributed by atoms with van der Waals surface area (Å²) in [6.07, 6.45) is 5.24. The molecule has 21 heavy (non-hydrogen) atoms.